The number of nitrogens with zero attached hydrogens (tertiary/aromatic N) is 1. The molecular weight excluding hydrogens is 226 g/mol. The largest absolute Gasteiger partial charge is 0.366 e. The lowest BCUT2D eigenvalue weighted by molar-refractivity contribution is 0.1000. The fourth-order valence-corrected chi connectivity index (χ4v) is 1.92. The summed E-state index contributed by atoms with van der Waals surface area (Å²) in [4.78, 5) is 11.1. The number of hydrogen-bond acceptors (Lipinski definition) is 2. The molecule has 0 bridgehead atoms. The summed E-state index contributed by atoms with van der Waals surface area (Å²) in [5.41, 5.74) is 12.4. The summed E-state index contributed by atoms with van der Waals surface area (Å²) in [5, 5.41) is 0. The van der Waals surface area contributed by atoms with Crippen molar-refractivity contribution in [3.63, 3.8) is 0 Å². The molecule has 1 heterocycles. The third-order valence-corrected chi connectivity index (χ3v) is 2.92. The molecule has 18 heavy (non-hydrogen) atoms. The molecule has 1 aromatic heterocycles. The van der Waals surface area contributed by atoms with Gasteiger partial charge in [0, 0.05) is 17.0 Å². The van der Waals surface area contributed by atoms with Gasteiger partial charge in [-0.15, -0.1) is 0 Å². The van der Waals surface area contributed by atoms with Gasteiger partial charge in [-0.3, -0.25) is 9.47 Å². The van der Waals surface area contributed by atoms with E-state index in [1.807, 2.05) is 36.7 Å². The van der Waals surface area contributed by atoms with Crippen molar-refractivity contribution in [2.45, 2.75) is 20.4 Å². The number of nitrogens with two attached hydrogens (primary N) is 1. The first kappa shape index (κ1) is 12.2. The Morgan fingerprint density at radius 3 is 2.50 bits per heavy atom. The Bertz CT molecular complexity index is 553. The number of benzene rings is 1. The Hall–Kier alpha value is -2.23. The summed E-state index contributed by atoms with van der Waals surface area (Å²) in [6.45, 7) is 4.73. The minimum absolute atomic E-state index is 0.398. The van der Waals surface area contributed by atoms with Gasteiger partial charge in [0.05, 0.1) is 6.54 Å². The minimum Gasteiger partial charge on any atom is -0.366 e. The van der Waals surface area contributed by atoms with E-state index >= 15 is 0 Å². The van der Waals surface area contributed by atoms with E-state index < -0.39 is 5.91 Å². The van der Waals surface area contributed by atoms with Gasteiger partial charge in [0.25, 0.3) is 0 Å². The molecule has 0 atom stereocenters. The summed E-state index contributed by atoms with van der Waals surface area (Å²) < 4.78 is 2.02. The fraction of sp³-hybridized carbons (Fsp3) is 0.214. The Morgan fingerprint density at radius 2 is 1.89 bits per heavy atom. The van der Waals surface area contributed by atoms with Gasteiger partial charge < -0.3 is 11.2 Å². The lowest BCUT2D eigenvalue weighted by atomic mass is 10.1. The van der Waals surface area contributed by atoms with Crippen LogP contribution in [0.2, 0.25) is 0 Å². The smallest absolute Gasteiger partial charge is 0.248 e. The quantitative estimate of drug-likeness (QED) is 0.862. The third-order valence-electron chi connectivity index (χ3n) is 2.92. The molecule has 0 fully saturated rings. The van der Waals surface area contributed by atoms with Crippen molar-refractivity contribution in [1.82, 2.24) is 4.68 Å². The Kier molecular flexibility index (Phi) is 3.37. The first-order chi connectivity index (χ1) is 8.58. The van der Waals surface area contributed by atoms with E-state index in [0.29, 0.717) is 12.1 Å². The molecule has 0 saturated heterocycles. The molecule has 0 saturated carbocycles. The van der Waals surface area contributed by atoms with Crippen molar-refractivity contribution in [2.24, 2.45) is 5.73 Å². The van der Waals surface area contributed by atoms with E-state index in [1.165, 1.54) is 0 Å². The van der Waals surface area contributed by atoms with Crippen LogP contribution in [0.1, 0.15) is 27.3 Å². The molecule has 1 aromatic carbocycles. The predicted octanol–water partition coefficient (Wildman–Crippen LogP) is 1.95. The Morgan fingerprint density at radius 1 is 1.22 bits per heavy atom. The average molecular weight is 243 g/mol. The molecule has 2 rings (SSSR count). The molecule has 2 aromatic rings. The molecule has 0 spiro atoms. The van der Waals surface area contributed by atoms with E-state index in [4.69, 9.17) is 5.73 Å². The van der Waals surface area contributed by atoms with Gasteiger partial charge in [0.1, 0.15) is 0 Å². The van der Waals surface area contributed by atoms with Crippen molar-refractivity contribution in [2.75, 3.05) is 5.43 Å². The van der Waals surface area contributed by atoms with Crippen molar-refractivity contribution in [1.29, 1.82) is 0 Å². The monoisotopic (exact) mass is 243 g/mol. The summed E-state index contributed by atoms with van der Waals surface area (Å²) in [6, 6.07) is 11.5. The van der Waals surface area contributed by atoms with Crippen LogP contribution in [-0.2, 0) is 6.54 Å². The second kappa shape index (κ2) is 4.96. The molecule has 0 unspecified atom stereocenters. The zero-order chi connectivity index (χ0) is 13.1. The average Bonchev–Trinajstić information content (AvgIpc) is 2.67. The molecule has 0 radical (unpaired) electrons. The molecule has 0 aliphatic rings. The normalized spacial score (nSPS) is 10.3. The number of nitrogens with one attached hydrogen (secondary N) is 1. The SMILES string of the molecule is Cc1ccc(C)n1NCc1cccc(C(N)=O)c1. The topological polar surface area (TPSA) is 60.1 Å². The number of aryl methyl sites for hydroxylation is 2. The van der Waals surface area contributed by atoms with Gasteiger partial charge in [-0.1, -0.05) is 12.1 Å². The fourth-order valence-electron chi connectivity index (χ4n) is 1.92. The predicted molar refractivity (Wildman–Crippen MR) is 71.9 cm³/mol. The van der Waals surface area contributed by atoms with Gasteiger partial charge in [-0.2, -0.15) is 0 Å². The van der Waals surface area contributed by atoms with Crippen molar-refractivity contribution in [3.05, 3.63) is 58.9 Å². The van der Waals surface area contributed by atoms with Crippen LogP contribution in [0.4, 0.5) is 0 Å². The molecule has 4 nitrogen and oxygen atoms in total. The number of primary amides is 1. The van der Waals surface area contributed by atoms with Crippen LogP contribution < -0.4 is 11.2 Å². The van der Waals surface area contributed by atoms with E-state index in [0.717, 1.165) is 17.0 Å². The number of carbonyl (C=O) groups excluding carboxylic acids is 1. The summed E-state index contributed by atoms with van der Waals surface area (Å²) in [6.07, 6.45) is 0. The second-order valence-electron chi connectivity index (χ2n) is 4.35. The molecule has 1 amide bonds. The molecule has 3 N–H and O–H groups in total. The molecule has 94 valence electrons. The number of rotatable bonds is 4. The molecule has 4 heteroatoms. The van der Waals surface area contributed by atoms with Crippen molar-refractivity contribution < 1.29 is 4.79 Å². The maximum Gasteiger partial charge on any atom is 0.248 e. The van der Waals surface area contributed by atoms with Gasteiger partial charge in [0.2, 0.25) is 5.91 Å². The summed E-state index contributed by atoms with van der Waals surface area (Å²) in [7, 11) is 0. The summed E-state index contributed by atoms with van der Waals surface area (Å²) >= 11 is 0. The highest BCUT2D eigenvalue weighted by atomic mass is 16.1. The van der Waals surface area contributed by atoms with Crippen LogP contribution in [0.15, 0.2) is 36.4 Å². The van der Waals surface area contributed by atoms with Crippen LogP contribution in [0, 0.1) is 13.8 Å². The van der Waals surface area contributed by atoms with Crippen LogP contribution in [-0.4, -0.2) is 10.6 Å². The standard InChI is InChI=1S/C14H17N3O/c1-10-6-7-11(2)17(10)16-9-12-4-3-5-13(8-12)14(15)18/h3-8,16H,9H2,1-2H3,(H2,15,18). The lowest BCUT2D eigenvalue weighted by Gasteiger charge is -2.13. The van der Waals surface area contributed by atoms with Crippen molar-refractivity contribution in [3.8, 4) is 0 Å². The lowest BCUT2D eigenvalue weighted by Crippen LogP contribution is -2.17. The maximum atomic E-state index is 11.1. The number of amides is 1. The second-order valence-corrected chi connectivity index (χ2v) is 4.35. The zero-order valence-corrected chi connectivity index (χ0v) is 10.6. The highest BCUT2D eigenvalue weighted by Gasteiger charge is 2.03. The zero-order valence-electron chi connectivity index (χ0n) is 10.6. The first-order valence-electron chi connectivity index (χ1n) is 5.85. The minimum atomic E-state index is -0.398. The Balaban J connectivity index is 2.11. The number of aromatic nitrogens is 1. The van der Waals surface area contributed by atoms with Gasteiger partial charge in [-0.25, -0.2) is 0 Å². The maximum absolute atomic E-state index is 11.1. The Labute approximate surface area is 106 Å². The number of hydrogen-bond donors (Lipinski definition) is 2. The van der Waals surface area contributed by atoms with E-state index in [2.05, 4.69) is 17.6 Å². The van der Waals surface area contributed by atoms with E-state index in [1.54, 1.807) is 6.07 Å². The summed E-state index contributed by atoms with van der Waals surface area (Å²) in [5.74, 6) is -0.398. The van der Waals surface area contributed by atoms with Crippen LogP contribution in [0.25, 0.3) is 0 Å². The third kappa shape index (κ3) is 2.53. The van der Waals surface area contributed by atoms with E-state index in [9.17, 15) is 4.79 Å². The molecule has 0 aliphatic carbocycles. The molecule has 0 aliphatic heterocycles. The van der Waals surface area contributed by atoms with Crippen LogP contribution in [0.5, 0.6) is 0 Å². The van der Waals surface area contributed by atoms with Gasteiger partial charge in [0.15, 0.2) is 0 Å². The highest BCUT2D eigenvalue weighted by Crippen LogP contribution is 2.08. The van der Waals surface area contributed by atoms with E-state index in [-0.39, 0.29) is 0 Å². The first-order valence-corrected chi connectivity index (χ1v) is 5.85. The van der Waals surface area contributed by atoms with Crippen molar-refractivity contribution >= 4 is 5.91 Å². The number of carbonyl (C=O) groups is 1. The molecular formula is C14H17N3O. The van der Waals surface area contributed by atoms with Gasteiger partial charge in [-0.05, 0) is 43.7 Å². The highest BCUT2D eigenvalue weighted by molar-refractivity contribution is 5.92. The van der Waals surface area contributed by atoms with Crippen LogP contribution >= 0.6 is 0 Å². The van der Waals surface area contributed by atoms with Gasteiger partial charge >= 0.3 is 0 Å². The van der Waals surface area contributed by atoms with Crippen LogP contribution in [0.3, 0.4) is 0 Å².